The van der Waals surface area contributed by atoms with Gasteiger partial charge in [0.05, 0.1) is 0 Å². The number of aliphatic hydroxyl groups excluding tert-OH is 2. The molecule has 2 atom stereocenters. The molecule has 88 valence electrons. The van der Waals surface area contributed by atoms with Crippen LogP contribution in [0.3, 0.4) is 0 Å². The molecule has 2 rings (SSSR count). The molecule has 1 aliphatic rings. The summed E-state index contributed by atoms with van der Waals surface area (Å²) in [6.07, 6.45) is 3.13. The average Bonchev–Trinajstić information content (AvgIpc) is 2.46. The second kappa shape index (κ2) is 5.83. The molecule has 0 spiro atoms. The van der Waals surface area contributed by atoms with Gasteiger partial charge in [-0.05, 0) is 0 Å². The molecule has 1 aliphatic carbocycles. The van der Waals surface area contributed by atoms with Gasteiger partial charge in [-0.1, -0.05) is 0 Å². The van der Waals surface area contributed by atoms with Crippen LogP contribution < -0.4 is 4.46 Å². The summed E-state index contributed by atoms with van der Waals surface area (Å²) in [6, 6.07) is 10.2. The molecule has 1 aromatic carbocycles. The van der Waals surface area contributed by atoms with Crippen molar-refractivity contribution in [3.8, 4) is 0 Å². The zero-order chi connectivity index (χ0) is 11.4. The molecule has 1 saturated carbocycles. The number of hydrogen-bond acceptors (Lipinski definition) is 2. The van der Waals surface area contributed by atoms with E-state index in [1.54, 1.807) is 0 Å². The van der Waals surface area contributed by atoms with Crippen LogP contribution in [0.1, 0.15) is 25.7 Å². The van der Waals surface area contributed by atoms with Crippen LogP contribution in [0.2, 0.25) is 4.82 Å². The molecule has 0 aromatic heterocycles. The van der Waals surface area contributed by atoms with Crippen LogP contribution >= 0.6 is 0 Å². The number of rotatable bonds is 2. The Kier molecular flexibility index (Phi) is 4.42. The van der Waals surface area contributed by atoms with E-state index in [1.165, 1.54) is 4.46 Å². The molecular formula is C13H18O2Se. The molecule has 0 bridgehead atoms. The molecule has 0 saturated heterocycles. The van der Waals surface area contributed by atoms with Crippen molar-refractivity contribution in [2.24, 2.45) is 0 Å². The van der Waals surface area contributed by atoms with Gasteiger partial charge in [0.1, 0.15) is 0 Å². The van der Waals surface area contributed by atoms with E-state index in [1.807, 2.05) is 18.2 Å². The van der Waals surface area contributed by atoms with Gasteiger partial charge in [0.2, 0.25) is 0 Å². The normalized spacial score (nSPS) is 27.6. The number of benzene rings is 1. The first-order valence-corrected chi connectivity index (χ1v) is 7.70. The standard InChI is InChI=1S/C13H18O2Se/c14-11-8-4-5-9-12(15)13(11)16-10-6-2-1-3-7-10/h1-3,6-7,11-15H,4-5,8-9H2/t11-,12-/m1/s1. The van der Waals surface area contributed by atoms with Crippen LogP contribution in [-0.2, 0) is 0 Å². The molecule has 0 amide bonds. The number of hydrogen-bond donors (Lipinski definition) is 2. The van der Waals surface area contributed by atoms with Crippen molar-refractivity contribution in [3.05, 3.63) is 30.3 Å². The van der Waals surface area contributed by atoms with E-state index in [4.69, 9.17) is 0 Å². The van der Waals surface area contributed by atoms with Crippen molar-refractivity contribution in [2.75, 3.05) is 0 Å². The minimum absolute atomic E-state index is 0.0670. The Hall–Kier alpha value is -0.341. The van der Waals surface area contributed by atoms with Crippen LogP contribution in [0.4, 0.5) is 0 Å². The second-order valence-electron chi connectivity index (χ2n) is 4.31. The molecule has 0 aliphatic heterocycles. The van der Waals surface area contributed by atoms with Crippen LogP contribution in [0.25, 0.3) is 0 Å². The minimum atomic E-state index is -0.322. The predicted molar refractivity (Wildman–Crippen MR) is 66.1 cm³/mol. The molecule has 0 unspecified atom stereocenters. The third-order valence-electron chi connectivity index (χ3n) is 3.02. The summed E-state index contributed by atoms with van der Waals surface area (Å²) in [4.78, 5) is 0.0670. The quantitative estimate of drug-likeness (QED) is 0.631. The summed E-state index contributed by atoms with van der Waals surface area (Å²) < 4.78 is 1.26. The van der Waals surface area contributed by atoms with Crippen molar-refractivity contribution < 1.29 is 10.2 Å². The molecule has 1 aromatic rings. The third-order valence-corrected chi connectivity index (χ3v) is 6.05. The van der Waals surface area contributed by atoms with Crippen LogP contribution in [0.15, 0.2) is 30.3 Å². The van der Waals surface area contributed by atoms with Gasteiger partial charge in [-0.15, -0.1) is 0 Å². The fourth-order valence-corrected chi connectivity index (χ4v) is 4.65. The first-order chi connectivity index (χ1) is 7.77. The van der Waals surface area contributed by atoms with E-state index < -0.39 is 0 Å². The van der Waals surface area contributed by atoms with E-state index in [0.29, 0.717) is 0 Å². The Morgan fingerprint density at radius 1 is 0.938 bits per heavy atom. The second-order valence-corrected chi connectivity index (χ2v) is 6.94. The van der Waals surface area contributed by atoms with Gasteiger partial charge in [-0.2, -0.15) is 0 Å². The van der Waals surface area contributed by atoms with Crippen molar-refractivity contribution in [2.45, 2.75) is 42.7 Å². The Labute approximate surface area is 103 Å². The van der Waals surface area contributed by atoms with E-state index in [-0.39, 0.29) is 32.0 Å². The zero-order valence-corrected chi connectivity index (χ0v) is 11.0. The molecular weight excluding hydrogens is 267 g/mol. The summed E-state index contributed by atoms with van der Waals surface area (Å²) in [5.74, 6) is 0. The fraction of sp³-hybridized carbons (Fsp3) is 0.538. The van der Waals surface area contributed by atoms with Gasteiger partial charge in [0, 0.05) is 0 Å². The summed E-state index contributed by atoms with van der Waals surface area (Å²) in [5, 5.41) is 20.1. The summed E-state index contributed by atoms with van der Waals surface area (Å²) in [6.45, 7) is 0. The van der Waals surface area contributed by atoms with Gasteiger partial charge in [0.15, 0.2) is 0 Å². The number of aliphatic hydroxyl groups is 2. The maximum absolute atomic E-state index is 10.0. The molecule has 16 heavy (non-hydrogen) atoms. The molecule has 2 N–H and O–H groups in total. The molecule has 0 radical (unpaired) electrons. The SMILES string of the molecule is O[C@@H]1CCCC[C@@H](O)C1[Se]c1ccccc1. The van der Waals surface area contributed by atoms with Crippen LogP contribution in [0, 0.1) is 0 Å². The van der Waals surface area contributed by atoms with Crippen molar-refractivity contribution in [3.63, 3.8) is 0 Å². The van der Waals surface area contributed by atoms with Gasteiger partial charge in [-0.3, -0.25) is 0 Å². The summed E-state index contributed by atoms with van der Waals surface area (Å²) in [5.41, 5.74) is 0. The van der Waals surface area contributed by atoms with E-state index in [2.05, 4.69) is 12.1 Å². The van der Waals surface area contributed by atoms with E-state index in [0.717, 1.165) is 25.7 Å². The fourth-order valence-electron chi connectivity index (χ4n) is 2.11. The Balaban J connectivity index is 2.06. The topological polar surface area (TPSA) is 40.5 Å². The van der Waals surface area contributed by atoms with E-state index in [9.17, 15) is 10.2 Å². The van der Waals surface area contributed by atoms with Crippen molar-refractivity contribution in [1.82, 2.24) is 0 Å². The van der Waals surface area contributed by atoms with Crippen molar-refractivity contribution in [1.29, 1.82) is 0 Å². The van der Waals surface area contributed by atoms with Crippen LogP contribution in [0.5, 0.6) is 0 Å². The van der Waals surface area contributed by atoms with Crippen LogP contribution in [-0.4, -0.2) is 37.4 Å². The third kappa shape index (κ3) is 3.08. The first kappa shape index (κ1) is 12.1. The molecule has 3 heteroatoms. The average molecular weight is 285 g/mol. The Morgan fingerprint density at radius 3 is 2.06 bits per heavy atom. The van der Waals surface area contributed by atoms with Crippen molar-refractivity contribution >= 4 is 19.4 Å². The molecule has 2 nitrogen and oxygen atoms in total. The van der Waals surface area contributed by atoms with Gasteiger partial charge >= 0.3 is 103 Å². The molecule has 0 heterocycles. The Morgan fingerprint density at radius 2 is 1.50 bits per heavy atom. The summed E-state index contributed by atoms with van der Waals surface area (Å²) in [7, 11) is 0. The van der Waals surface area contributed by atoms with Gasteiger partial charge in [0.25, 0.3) is 0 Å². The van der Waals surface area contributed by atoms with Gasteiger partial charge < -0.3 is 0 Å². The molecule has 1 fully saturated rings. The Bertz CT molecular complexity index is 303. The van der Waals surface area contributed by atoms with Gasteiger partial charge in [-0.25, -0.2) is 0 Å². The predicted octanol–water partition coefficient (Wildman–Crippen LogP) is 1.10. The monoisotopic (exact) mass is 286 g/mol. The first-order valence-electron chi connectivity index (χ1n) is 5.85. The maximum atomic E-state index is 10.0. The summed E-state index contributed by atoms with van der Waals surface area (Å²) >= 11 is 0.171. The van der Waals surface area contributed by atoms with E-state index >= 15 is 0 Å². The zero-order valence-electron chi connectivity index (χ0n) is 9.25.